The van der Waals surface area contributed by atoms with Crippen molar-refractivity contribution in [2.24, 2.45) is 0 Å². The molecule has 3 nitrogen and oxygen atoms in total. The first-order chi connectivity index (χ1) is 14.1. The average Bonchev–Trinajstić information content (AvgIpc) is 3.19. The number of benzene rings is 2. The van der Waals surface area contributed by atoms with E-state index in [2.05, 4.69) is 0 Å². The fourth-order valence-electron chi connectivity index (χ4n) is 3.43. The summed E-state index contributed by atoms with van der Waals surface area (Å²) >= 11 is 0. The van der Waals surface area contributed by atoms with Gasteiger partial charge in [0.1, 0.15) is 23.0 Å². The molecule has 158 valence electrons. The summed E-state index contributed by atoms with van der Waals surface area (Å²) in [5.74, 6) is -16.7. The normalized spacial score (nSPS) is 18.1. The Morgan fingerprint density at radius 1 is 0.600 bits per heavy atom. The van der Waals surface area contributed by atoms with E-state index in [1.165, 1.54) is 62.8 Å². The fourth-order valence-corrected chi connectivity index (χ4v) is 3.43. The summed E-state index contributed by atoms with van der Waals surface area (Å²) in [4.78, 5) is 0. The molecule has 0 amide bonds. The topological polar surface area (TPSA) is 31.6 Å². The number of hydrogen-bond donors (Lipinski definition) is 0. The second kappa shape index (κ2) is 6.45. The molecule has 0 spiro atoms. The zero-order chi connectivity index (χ0) is 21.9. The minimum absolute atomic E-state index is 0.0695. The molecular formula is C21H14F6O3. The number of hydrogen-bond acceptors (Lipinski definition) is 3. The second-order valence-electron chi connectivity index (χ2n) is 6.69. The second-order valence-corrected chi connectivity index (χ2v) is 6.69. The number of methoxy groups -OCH3 is 2. The molecule has 1 heterocycles. The molecule has 0 unspecified atom stereocenters. The van der Waals surface area contributed by atoms with Crippen LogP contribution < -0.4 is 9.47 Å². The van der Waals surface area contributed by atoms with Crippen molar-refractivity contribution in [3.05, 3.63) is 59.7 Å². The van der Waals surface area contributed by atoms with Crippen molar-refractivity contribution in [3.63, 3.8) is 0 Å². The molecule has 1 aromatic heterocycles. The van der Waals surface area contributed by atoms with E-state index in [0.29, 0.717) is 11.5 Å². The Bertz CT molecular complexity index is 1000. The van der Waals surface area contributed by atoms with E-state index < -0.39 is 40.4 Å². The SMILES string of the molecule is COc1ccc(-c2oc(-c3ccc(OC)cc3)c3c2C(F)(F)C(F)(F)C3(F)F)cc1. The summed E-state index contributed by atoms with van der Waals surface area (Å²) in [6.45, 7) is 0. The lowest BCUT2D eigenvalue weighted by Gasteiger charge is -2.24. The Labute approximate surface area is 166 Å². The van der Waals surface area contributed by atoms with Crippen molar-refractivity contribution < 1.29 is 40.2 Å². The molecule has 9 heteroatoms. The van der Waals surface area contributed by atoms with Gasteiger partial charge in [-0.1, -0.05) is 0 Å². The van der Waals surface area contributed by atoms with Gasteiger partial charge < -0.3 is 13.9 Å². The minimum Gasteiger partial charge on any atom is -0.497 e. The third-order valence-electron chi connectivity index (χ3n) is 5.03. The van der Waals surface area contributed by atoms with Crippen LogP contribution in [0.4, 0.5) is 26.3 Å². The smallest absolute Gasteiger partial charge is 0.380 e. The molecule has 0 saturated carbocycles. The van der Waals surface area contributed by atoms with Crippen LogP contribution in [-0.4, -0.2) is 20.1 Å². The van der Waals surface area contributed by atoms with Crippen molar-refractivity contribution in [2.45, 2.75) is 17.8 Å². The summed E-state index contributed by atoms with van der Waals surface area (Å²) in [5.41, 5.74) is -3.18. The monoisotopic (exact) mass is 428 g/mol. The van der Waals surface area contributed by atoms with Gasteiger partial charge in [-0.05, 0) is 48.5 Å². The lowest BCUT2D eigenvalue weighted by atomic mass is 10.0. The molecule has 0 bridgehead atoms. The van der Waals surface area contributed by atoms with E-state index in [9.17, 15) is 26.3 Å². The predicted octanol–water partition coefficient (Wildman–Crippen LogP) is 6.46. The van der Waals surface area contributed by atoms with Crippen LogP contribution in [-0.2, 0) is 11.8 Å². The van der Waals surface area contributed by atoms with E-state index in [1.54, 1.807) is 0 Å². The van der Waals surface area contributed by atoms with Crippen molar-refractivity contribution >= 4 is 0 Å². The van der Waals surface area contributed by atoms with Crippen LogP contribution in [0.5, 0.6) is 11.5 Å². The van der Waals surface area contributed by atoms with Gasteiger partial charge in [-0.15, -0.1) is 0 Å². The van der Waals surface area contributed by atoms with E-state index in [0.717, 1.165) is 0 Å². The lowest BCUT2D eigenvalue weighted by Crippen LogP contribution is -2.43. The first-order valence-electron chi connectivity index (χ1n) is 8.66. The van der Waals surface area contributed by atoms with Gasteiger partial charge in [0.2, 0.25) is 0 Å². The summed E-state index contributed by atoms with van der Waals surface area (Å²) in [6.07, 6.45) is 0. The highest BCUT2D eigenvalue weighted by molar-refractivity contribution is 5.77. The Morgan fingerprint density at radius 3 is 1.23 bits per heavy atom. The van der Waals surface area contributed by atoms with Crippen LogP contribution in [0, 0.1) is 0 Å². The number of rotatable bonds is 4. The zero-order valence-corrected chi connectivity index (χ0v) is 15.6. The Kier molecular flexibility index (Phi) is 4.34. The molecule has 0 atom stereocenters. The highest BCUT2D eigenvalue weighted by Gasteiger charge is 2.81. The highest BCUT2D eigenvalue weighted by atomic mass is 19.3. The molecule has 0 saturated heterocycles. The maximum atomic E-state index is 14.6. The average molecular weight is 428 g/mol. The van der Waals surface area contributed by atoms with Crippen molar-refractivity contribution in [3.8, 4) is 34.1 Å². The third kappa shape index (κ3) is 2.54. The number of furan rings is 1. The molecule has 2 aromatic carbocycles. The number of ether oxygens (including phenoxy) is 2. The summed E-state index contributed by atoms with van der Waals surface area (Å²) in [6, 6.07) is 10.6. The minimum atomic E-state index is -5.62. The maximum absolute atomic E-state index is 14.6. The molecule has 1 aliphatic carbocycles. The van der Waals surface area contributed by atoms with Crippen LogP contribution >= 0.6 is 0 Å². The number of halogens is 6. The fraction of sp³-hybridized carbons (Fsp3) is 0.238. The highest BCUT2D eigenvalue weighted by Crippen LogP contribution is 2.67. The van der Waals surface area contributed by atoms with Crippen LogP contribution in [0.25, 0.3) is 22.6 Å². The number of fused-ring (bicyclic) bond motifs is 1. The summed E-state index contributed by atoms with van der Waals surface area (Å²) in [5, 5.41) is 0. The Balaban J connectivity index is 2.01. The van der Waals surface area contributed by atoms with Gasteiger partial charge in [-0.2, -0.15) is 26.3 Å². The maximum Gasteiger partial charge on any atom is 0.380 e. The molecular weight excluding hydrogens is 414 g/mol. The molecule has 0 radical (unpaired) electrons. The molecule has 1 aliphatic rings. The van der Waals surface area contributed by atoms with Crippen molar-refractivity contribution in [1.82, 2.24) is 0 Å². The van der Waals surface area contributed by atoms with Gasteiger partial charge in [0.25, 0.3) is 0 Å². The molecule has 3 aromatic rings. The van der Waals surface area contributed by atoms with E-state index in [-0.39, 0.29) is 11.1 Å². The quantitative estimate of drug-likeness (QED) is 0.447. The molecule has 0 fully saturated rings. The van der Waals surface area contributed by atoms with Gasteiger partial charge in [0.15, 0.2) is 0 Å². The standard InChI is InChI=1S/C21H14F6O3/c1-28-13-7-3-11(4-8-13)17-15-16(20(24,25)21(26,27)19(15,22)23)18(30-17)12-5-9-14(29-2)10-6-12/h3-10H,1-2H3. The largest absolute Gasteiger partial charge is 0.497 e. The third-order valence-corrected chi connectivity index (χ3v) is 5.03. The zero-order valence-electron chi connectivity index (χ0n) is 15.6. The summed E-state index contributed by atoms with van der Waals surface area (Å²) < 4.78 is 102. The van der Waals surface area contributed by atoms with Gasteiger partial charge in [-0.3, -0.25) is 0 Å². The first kappa shape index (κ1) is 20.2. The van der Waals surface area contributed by atoms with Crippen LogP contribution in [0.2, 0.25) is 0 Å². The van der Waals surface area contributed by atoms with Gasteiger partial charge in [0, 0.05) is 11.1 Å². The Hall–Kier alpha value is -3.10. The van der Waals surface area contributed by atoms with Crippen molar-refractivity contribution in [2.75, 3.05) is 14.2 Å². The van der Waals surface area contributed by atoms with E-state index >= 15 is 0 Å². The lowest BCUT2D eigenvalue weighted by molar-refractivity contribution is -0.302. The van der Waals surface area contributed by atoms with Gasteiger partial charge >= 0.3 is 17.8 Å². The van der Waals surface area contributed by atoms with Crippen LogP contribution in [0.15, 0.2) is 52.9 Å². The summed E-state index contributed by atoms with van der Waals surface area (Å²) in [7, 11) is 2.74. The molecule has 30 heavy (non-hydrogen) atoms. The van der Waals surface area contributed by atoms with Gasteiger partial charge in [0.05, 0.1) is 25.3 Å². The van der Waals surface area contributed by atoms with Crippen LogP contribution in [0.1, 0.15) is 11.1 Å². The number of alkyl halides is 6. The first-order valence-corrected chi connectivity index (χ1v) is 8.66. The predicted molar refractivity (Wildman–Crippen MR) is 95.4 cm³/mol. The molecule has 0 N–H and O–H groups in total. The van der Waals surface area contributed by atoms with Crippen LogP contribution in [0.3, 0.4) is 0 Å². The van der Waals surface area contributed by atoms with Crippen molar-refractivity contribution in [1.29, 1.82) is 0 Å². The molecule has 0 aliphatic heterocycles. The van der Waals surface area contributed by atoms with E-state index in [4.69, 9.17) is 13.9 Å². The Morgan fingerprint density at radius 2 is 0.933 bits per heavy atom. The van der Waals surface area contributed by atoms with E-state index in [1.807, 2.05) is 0 Å². The molecule has 4 rings (SSSR count). The van der Waals surface area contributed by atoms with Gasteiger partial charge in [-0.25, -0.2) is 0 Å².